The lowest BCUT2D eigenvalue weighted by atomic mass is 10.1. The van der Waals surface area contributed by atoms with Crippen LogP contribution < -0.4 is 4.74 Å². The second-order valence-electron chi connectivity index (χ2n) is 4.46. The lowest BCUT2D eigenvalue weighted by Crippen LogP contribution is -2.01. The molecule has 0 saturated carbocycles. The van der Waals surface area contributed by atoms with Gasteiger partial charge in [0, 0.05) is 17.7 Å². The molecule has 0 aromatic heterocycles. The highest BCUT2D eigenvalue weighted by molar-refractivity contribution is 6.04. The molecule has 18 heavy (non-hydrogen) atoms. The van der Waals surface area contributed by atoms with Gasteiger partial charge >= 0.3 is 0 Å². The van der Waals surface area contributed by atoms with Gasteiger partial charge in [0.1, 0.15) is 5.75 Å². The largest absolute Gasteiger partial charge is 0.493 e. The monoisotopic (exact) mass is 249 g/mol. The van der Waals surface area contributed by atoms with Crippen molar-refractivity contribution in [2.75, 3.05) is 13.2 Å². The summed E-state index contributed by atoms with van der Waals surface area (Å²) >= 11 is 0. The number of hydrogen-bond donors (Lipinski definition) is 2. The Kier molecular flexibility index (Phi) is 4.59. The van der Waals surface area contributed by atoms with E-state index in [1.807, 2.05) is 18.2 Å². The Morgan fingerprint density at radius 2 is 2.06 bits per heavy atom. The van der Waals surface area contributed by atoms with Crippen LogP contribution in [0.2, 0.25) is 0 Å². The number of ether oxygens (including phenoxy) is 1. The summed E-state index contributed by atoms with van der Waals surface area (Å²) in [7, 11) is 0. The third kappa shape index (κ3) is 2.82. The van der Waals surface area contributed by atoms with Gasteiger partial charge < -0.3 is 15.1 Å². The van der Waals surface area contributed by atoms with Gasteiger partial charge in [0.25, 0.3) is 0 Å². The van der Waals surface area contributed by atoms with Gasteiger partial charge in [0.05, 0.1) is 12.3 Å². The first-order valence-corrected chi connectivity index (χ1v) is 6.43. The Morgan fingerprint density at radius 3 is 2.83 bits per heavy atom. The van der Waals surface area contributed by atoms with Crippen LogP contribution in [0.5, 0.6) is 5.75 Å². The first-order valence-electron chi connectivity index (χ1n) is 6.43. The van der Waals surface area contributed by atoms with E-state index in [1.54, 1.807) is 0 Å². The fraction of sp³-hybridized carbons (Fsp3) is 0.500. The van der Waals surface area contributed by atoms with E-state index >= 15 is 0 Å². The normalized spacial score (nSPS) is 15.9. The van der Waals surface area contributed by atoms with Crippen molar-refractivity contribution >= 4 is 5.71 Å². The van der Waals surface area contributed by atoms with E-state index in [9.17, 15) is 0 Å². The number of oxime groups is 1. The summed E-state index contributed by atoms with van der Waals surface area (Å²) < 4.78 is 5.77. The Hall–Kier alpha value is -1.55. The van der Waals surface area contributed by atoms with Crippen molar-refractivity contribution in [1.82, 2.24) is 0 Å². The van der Waals surface area contributed by atoms with Crippen molar-refractivity contribution in [2.24, 2.45) is 5.16 Å². The van der Waals surface area contributed by atoms with Crippen LogP contribution in [-0.4, -0.2) is 29.2 Å². The molecule has 0 saturated heterocycles. The van der Waals surface area contributed by atoms with Gasteiger partial charge in [-0.3, -0.25) is 0 Å². The number of fused-ring (bicyclic) bond motifs is 1. The molecule has 0 amide bonds. The predicted octanol–water partition coefficient (Wildman–Crippen LogP) is 2.35. The third-order valence-corrected chi connectivity index (χ3v) is 3.24. The van der Waals surface area contributed by atoms with Crippen LogP contribution in [0.4, 0.5) is 0 Å². The SMILES string of the molecule is OCCCCCOc1cccc2c1CCC2=NO. The molecule has 0 radical (unpaired) electrons. The van der Waals surface area contributed by atoms with Gasteiger partial charge in [0.2, 0.25) is 0 Å². The van der Waals surface area contributed by atoms with Crippen molar-refractivity contribution in [3.05, 3.63) is 29.3 Å². The molecule has 2 N–H and O–H groups in total. The van der Waals surface area contributed by atoms with Crippen molar-refractivity contribution < 1.29 is 15.1 Å². The quantitative estimate of drug-likeness (QED) is 0.462. The molecule has 2 rings (SSSR count). The highest BCUT2D eigenvalue weighted by Gasteiger charge is 2.21. The summed E-state index contributed by atoms with van der Waals surface area (Å²) in [4.78, 5) is 0. The molecular formula is C14H19NO3. The fourth-order valence-electron chi connectivity index (χ4n) is 2.28. The van der Waals surface area contributed by atoms with Crippen LogP contribution in [0, 0.1) is 0 Å². The maximum atomic E-state index is 8.90. The molecule has 4 nitrogen and oxygen atoms in total. The molecule has 0 unspecified atom stereocenters. The molecule has 1 aromatic rings. The van der Waals surface area contributed by atoms with E-state index in [-0.39, 0.29) is 6.61 Å². The van der Waals surface area contributed by atoms with Gasteiger partial charge in [-0.15, -0.1) is 0 Å². The number of benzene rings is 1. The highest BCUT2D eigenvalue weighted by Crippen LogP contribution is 2.31. The number of aliphatic hydroxyl groups is 1. The first-order chi connectivity index (χ1) is 8.86. The summed E-state index contributed by atoms with van der Waals surface area (Å²) in [6, 6.07) is 5.86. The van der Waals surface area contributed by atoms with Crippen molar-refractivity contribution in [1.29, 1.82) is 0 Å². The molecule has 0 spiro atoms. The predicted molar refractivity (Wildman–Crippen MR) is 69.5 cm³/mol. The van der Waals surface area contributed by atoms with Crippen LogP contribution in [0.1, 0.15) is 36.8 Å². The van der Waals surface area contributed by atoms with Crippen LogP contribution in [0.15, 0.2) is 23.4 Å². The van der Waals surface area contributed by atoms with Gasteiger partial charge in [-0.05, 0) is 38.2 Å². The molecule has 4 heteroatoms. The highest BCUT2D eigenvalue weighted by atomic mass is 16.5. The van der Waals surface area contributed by atoms with Crippen LogP contribution in [0.25, 0.3) is 0 Å². The molecule has 98 valence electrons. The van der Waals surface area contributed by atoms with E-state index in [0.29, 0.717) is 6.61 Å². The number of unbranched alkanes of at least 4 members (excludes halogenated alkanes) is 2. The number of aliphatic hydroxyl groups excluding tert-OH is 1. The summed E-state index contributed by atoms with van der Waals surface area (Å²) in [5, 5.41) is 20.9. The maximum absolute atomic E-state index is 8.90. The lowest BCUT2D eigenvalue weighted by molar-refractivity contribution is 0.265. The molecular weight excluding hydrogens is 230 g/mol. The molecule has 0 aliphatic heterocycles. The van der Waals surface area contributed by atoms with Crippen LogP contribution in [-0.2, 0) is 6.42 Å². The first kappa shape index (κ1) is 12.9. The van der Waals surface area contributed by atoms with Gasteiger partial charge in [-0.25, -0.2) is 0 Å². The van der Waals surface area contributed by atoms with E-state index in [0.717, 1.165) is 54.7 Å². The van der Waals surface area contributed by atoms with Gasteiger partial charge in [-0.1, -0.05) is 17.3 Å². The smallest absolute Gasteiger partial charge is 0.123 e. The average Bonchev–Trinajstić information content (AvgIpc) is 2.82. The summed E-state index contributed by atoms with van der Waals surface area (Å²) in [5.41, 5.74) is 2.90. The summed E-state index contributed by atoms with van der Waals surface area (Å²) in [6.45, 7) is 0.916. The van der Waals surface area contributed by atoms with Gasteiger partial charge in [-0.2, -0.15) is 0 Å². The molecule has 0 heterocycles. The summed E-state index contributed by atoms with van der Waals surface area (Å²) in [5.74, 6) is 0.898. The zero-order valence-corrected chi connectivity index (χ0v) is 10.4. The van der Waals surface area contributed by atoms with E-state index in [2.05, 4.69) is 5.16 Å². The van der Waals surface area contributed by atoms with E-state index in [1.165, 1.54) is 0 Å². The Morgan fingerprint density at radius 1 is 1.17 bits per heavy atom. The molecule has 0 atom stereocenters. The topological polar surface area (TPSA) is 62.0 Å². The number of hydrogen-bond acceptors (Lipinski definition) is 4. The van der Waals surface area contributed by atoms with E-state index < -0.39 is 0 Å². The molecule has 1 aromatic carbocycles. The average molecular weight is 249 g/mol. The molecule has 0 bridgehead atoms. The van der Waals surface area contributed by atoms with Crippen LogP contribution >= 0.6 is 0 Å². The Balaban J connectivity index is 1.96. The molecule has 1 aliphatic carbocycles. The molecule has 0 fully saturated rings. The van der Waals surface area contributed by atoms with Crippen molar-refractivity contribution in [3.63, 3.8) is 0 Å². The van der Waals surface area contributed by atoms with Crippen molar-refractivity contribution in [3.8, 4) is 5.75 Å². The number of rotatable bonds is 6. The fourth-order valence-corrected chi connectivity index (χ4v) is 2.28. The second-order valence-corrected chi connectivity index (χ2v) is 4.46. The minimum Gasteiger partial charge on any atom is -0.493 e. The lowest BCUT2D eigenvalue weighted by Gasteiger charge is -2.10. The minimum absolute atomic E-state index is 0.247. The second kappa shape index (κ2) is 6.40. The zero-order chi connectivity index (χ0) is 12.8. The Bertz CT molecular complexity index is 429. The third-order valence-electron chi connectivity index (χ3n) is 3.24. The molecule has 1 aliphatic rings. The zero-order valence-electron chi connectivity index (χ0n) is 10.4. The van der Waals surface area contributed by atoms with Crippen LogP contribution in [0.3, 0.4) is 0 Å². The maximum Gasteiger partial charge on any atom is 0.123 e. The summed E-state index contributed by atoms with van der Waals surface area (Å²) in [6.07, 6.45) is 4.41. The Labute approximate surface area is 107 Å². The van der Waals surface area contributed by atoms with E-state index in [4.69, 9.17) is 15.1 Å². The van der Waals surface area contributed by atoms with Gasteiger partial charge in [0.15, 0.2) is 0 Å². The number of nitrogens with zero attached hydrogens (tertiary/aromatic N) is 1. The minimum atomic E-state index is 0.247. The standard InChI is InChI=1S/C14H19NO3/c16-9-2-1-3-10-18-14-6-4-5-11-12(14)7-8-13(11)15-17/h4-6,16-17H,1-3,7-10H2. The van der Waals surface area contributed by atoms with Crippen molar-refractivity contribution in [2.45, 2.75) is 32.1 Å².